The molecule has 1 aromatic carbocycles. The van der Waals surface area contributed by atoms with E-state index in [9.17, 15) is 14.0 Å². The number of hydrogen-bond donors (Lipinski definition) is 2. The van der Waals surface area contributed by atoms with Gasteiger partial charge in [0.15, 0.2) is 11.6 Å². The minimum atomic E-state index is -0.890. The van der Waals surface area contributed by atoms with E-state index in [1.807, 2.05) is 12.2 Å². The predicted molar refractivity (Wildman–Crippen MR) is 76.2 cm³/mol. The second-order valence-corrected chi connectivity index (χ2v) is 4.56. The Morgan fingerprint density at radius 2 is 2.14 bits per heavy atom. The first-order valence-corrected chi connectivity index (χ1v) is 6.55. The summed E-state index contributed by atoms with van der Waals surface area (Å²) < 4.78 is 18.5. The lowest BCUT2D eigenvalue weighted by Crippen LogP contribution is -2.48. The molecule has 0 bridgehead atoms. The summed E-state index contributed by atoms with van der Waals surface area (Å²) in [6.45, 7) is 4.45. The highest BCUT2D eigenvalue weighted by Gasteiger charge is 2.21. The highest BCUT2D eigenvalue weighted by atomic mass is 19.1. The molecular formula is C14H20FN3O3. The fourth-order valence-electron chi connectivity index (χ4n) is 1.96. The SMILES string of the molecule is CCN(Cc1ccc(OC)c(F)c1)[C@H](C)C(=O)NC(N)=O. The first-order chi connectivity index (χ1) is 9.88. The summed E-state index contributed by atoms with van der Waals surface area (Å²) in [5.74, 6) is -0.778. The molecule has 6 nitrogen and oxygen atoms in total. The number of halogens is 1. The highest BCUT2D eigenvalue weighted by Crippen LogP contribution is 2.19. The molecule has 21 heavy (non-hydrogen) atoms. The Morgan fingerprint density at radius 3 is 2.62 bits per heavy atom. The molecule has 0 saturated carbocycles. The summed E-state index contributed by atoms with van der Waals surface area (Å²) in [7, 11) is 1.40. The molecular weight excluding hydrogens is 277 g/mol. The average molecular weight is 297 g/mol. The van der Waals surface area contributed by atoms with Crippen LogP contribution in [0.3, 0.4) is 0 Å². The number of hydrogen-bond acceptors (Lipinski definition) is 4. The van der Waals surface area contributed by atoms with E-state index in [-0.39, 0.29) is 5.75 Å². The molecule has 1 aromatic rings. The van der Waals surface area contributed by atoms with Gasteiger partial charge in [0.1, 0.15) is 0 Å². The number of benzene rings is 1. The van der Waals surface area contributed by atoms with E-state index >= 15 is 0 Å². The minimum Gasteiger partial charge on any atom is -0.494 e. The number of methoxy groups -OCH3 is 1. The fraction of sp³-hybridized carbons (Fsp3) is 0.429. The van der Waals surface area contributed by atoms with Gasteiger partial charge in [0.2, 0.25) is 5.91 Å². The smallest absolute Gasteiger partial charge is 0.318 e. The van der Waals surface area contributed by atoms with Crippen LogP contribution < -0.4 is 15.8 Å². The Morgan fingerprint density at radius 1 is 1.48 bits per heavy atom. The standard InChI is InChI=1S/C14H20FN3O3/c1-4-18(9(2)13(19)17-14(16)20)8-10-5-6-12(21-3)11(15)7-10/h5-7,9H,4,8H2,1-3H3,(H3,16,17,19,20)/t9-/m1/s1. The van der Waals surface area contributed by atoms with Gasteiger partial charge in [-0.05, 0) is 31.2 Å². The van der Waals surface area contributed by atoms with Gasteiger partial charge in [0.05, 0.1) is 13.2 Å². The predicted octanol–water partition coefficient (Wildman–Crippen LogP) is 1.24. The van der Waals surface area contributed by atoms with Crippen molar-refractivity contribution in [1.29, 1.82) is 0 Å². The Labute approximate surface area is 123 Å². The molecule has 0 spiro atoms. The highest BCUT2D eigenvalue weighted by molar-refractivity contribution is 5.96. The largest absolute Gasteiger partial charge is 0.494 e. The van der Waals surface area contributed by atoms with Crippen molar-refractivity contribution in [3.8, 4) is 5.75 Å². The average Bonchev–Trinajstić information content (AvgIpc) is 2.43. The van der Waals surface area contributed by atoms with Crippen LogP contribution in [-0.2, 0) is 11.3 Å². The zero-order valence-electron chi connectivity index (χ0n) is 12.4. The molecule has 3 amide bonds. The van der Waals surface area contributed by atoms with Crippen LogP contribution >= 0.6 is 0 Å². The molecule has 0 aromatic heterocycles. The Bertz CT molecular complexity index is 522. The van der Waals surface area contributed by atoms with Crippen molar-refractivity contribution in [2.75, 3.05) is 13.7 Å². The number of nitrogens with zero attached hydrogens (tertiary/aromatic N) is 1. The lowest BCUT2D eigenvalue weighted by atomic mass is 10.1. The van der Waals surface area contributed by atoms with E-state index in [4.69, 9.17) is 10.5 Å². The van der Waals surface area contributed by atoms with E-state index in [1.54, 1.807) is 17.9 Å². The molecule has 7 heteroatoms. The molecule has 0 aliphatic heterocycles. The van der Waals surface area contributed by atoms with Crippen LogP contribution in [0.1, 0.15) is 19.4 Å². The van der Waals surface area contributed by atoms with Crippen molar-refractivity contribution in [2.24, 2.45) is 5.73 Å². The maximum Gasteiger partial charge on any atom is 0.318 e. The number of carbonyl (C=O) groups excluding carboxylic acids is 2. The number of imide groups is 1. The first kappa shape index (κ1) is 16.9. The van der Waals surface area contributed by atoms with Gasteiger partial charge in [0.25, 0.3) is 0 Å². The van der Waals surface area contributed by atoms with Crippen LogP contribution in [0.4, 0.5) is 9.18 Å². The quantitative estimate of drug-likeness (QED) is 0.827. The Balaban J connectivity index is 2.79. The molecule has 0 aliphatic carbocycles. The second kappa shape index (κ2) is 7.58. The molecule has 0 unspecified atom stereocenters. The van der Waals surface area contributed by atoms with Crippen LogP contribution in [0.15, 0.2) is 18.2 Å². The van der Waals surface area contributed by atoms with Crippen LogP contribution in [0.5, 0.6) is 5.75 Å². The van der Waals surface area contributed by atoms with Crippen molar-refractivity contribution >= 4 is 11.9 Å². The lowest BCUT2D eigenvalue weighted by molar-refractivity contribution is -0.124. The van der Waals surface area contributed by atoms with Crippen LogP contribution in [0.25, 0.3) is 0 Å². The van der Waals surface area contributed by atoms with Crippen molar-refractivity contribution < 1.29 is 18.7 Å². The van der Waals surface area contributed by atoms with Crippen molar-refractivity contribution in [2.45, 2.75) is 26.4 Å². The van der Waals surface area contributed by atoms with Gasteiger partial charge < -0.3 is 10.5 Å². The molecule has 3 N–H and O–H groups in total. The van der Waals surface area contributed by atoms with E-state index in [2.05, 4.69) is 0 Å². The summed E-state index contributed by atoms with van der Waals surface area (Å²) in [5, 5.41) is 2.04. The normalized spacial score (nSPS) is 12.0. The maximum atomic E-state index is 13.7. The topological polar surface area (TPSA) is 84.7 Å². The summed E-state index contributed by atoms with van der Waals surface area (Å²) in [6, 6.07) is 3.17. The maximum absolute atomic E-state index is 13.7. The molecule has 1 rings (SSSR count). The Hall–Kier alpha value is -2.15. The van der Waals surface area contributed by atoms with Crippen LogP contribution in [-0.4, -0.2) is 36.5 Å². The van der Waals surface area contributed by atoms with E-state index in [0.717, 1.165) is 0 Å². The molecule has 0 saturated heterocycles. The summed E-state index contributed by atoms with van der Waals surface area (Å²) >= 11 is 0. The van der Waals surface area contributed by atoms with Crippen molar-refractivity contribution in [3.05, 3.63) is 29.6 Å². The molecule has 0 radical (unpaired) electrons. The number of likely N-dealkylation sites (N-methyl/N-ethyl adjacent to an activating group) is 1. The monoisotopic (exact) mass is 297 g/mol. The number of rotatable bonds is 6. The van der Waals surface area contributed by atoms with Crippen LogP contribution in [0.2, 0.25) is 0 Å². The number of carbonyl (C=O) groups is 2. The van der Waals surface area contributed by atoms with Crippen molar-refractivity contribution in [1.82, 2.24) is 10.2 Å². The number of nitrogens with one attached hydrogen (secondary N) is 1. The Kier molecular flexibility index (Phi) is 6.10. The van der Waals surface area contributed by atoms with Crippen molar-refractivity contribution in [3.63, 3.8) is 0 Å². The zero-order chi connectivity index (χ0) is 16.0. The summed E-state index contributed by atoms with van der Waals surface area (Å²) in [5.41, 5.74) is 5.63. The van der Waals surface area contributed by atoms with Gasteiger partial charge in [-0.2, -0.15) is 0 Å². The van der Waals surface area contributed by atoms with Crippen LogP contribution in [0, 0.1) is 5.82 Å². The molecule has 1 atom stereocenters. The molecule has 116 valence electrons. The number of urea groups is 1. The van der Waals surface area contributed by atoms with E-state index in [1.165, 1.54) is 19.2 Å². The number of primary amides is 1. The lowest BCUT2D eigenvalue weighted by Gasteiger charge is -2.26. The number of nitrogens with two attached hydrogens (primary N) is 1. The first-order valence-electron chi connectivity index (χ1n) is 6.55. The minimum absolute atomic E-state index is 0.168. The summed E-state index contributed by atoms with van der Waals surface area (Å²) in [4.78, 5) is 24.3. The fourth-order valence-corrected chi connectivity index (χ4v) is 1.96. The van der Waals surface area contributed by atoms with Gasteiger partial charge >= 0.3 is 6.03 Å². The number of amides is 3. The van der Waals surface area contributed by atoms with Gasteiger partial charge in [0, 0.05) is 6.54 Å². The molecule has 0 heterocycles. The zero-order valence-corrected chi connectivity index (χ0v) is 12.4. The second-order valence-electron chi connectivity index (χ2n) is 4.56. The molecule has 0 fully saturated rings. The third-order valence-corrected chi connectivity index (χ3v) is 3.18. The van der Waals surface area contributed by atoms with E-state index in [0.29, 0.717) is 18.7 Å². The van der Waals surface area contributed by atoms with Gasteiger partial charge in [-0.3, -0.25) is 15.0 Å². The number of ether oxygens (including phenoxy) is 1. The third kappa shape index (κ3) is 4.71. The summed E-state index contributed by atoms with van der Waals surface area (Å²) in [6.07, 6.45) is 0. The van der Waals surface area contributed by atoms with Gasteiger partial charge in [-0.1, -0.05) is 13.0 Å². The third-order valence-electron chi connectivity index (χ3n) is 3.18. The van der Waals surface area contributed by atoms with Gasteiger partial charge in [-0.25, -0.2) is 9.18 Å². The molecule has 0 aliphatic rings. The van der Waals surface area contributed by atoms with E-state index < -0.39 is 23.8 Å². The van der Waals surface area contributed by atoms with Gasteiger partial charge in [-0.15, -0.1) is 0 Å².